The molecule has 0 radical (unpaired) electrons. The maximum Gasteiger partial charge on any atom is 0.248 e. The van der Waals surface area contributed by atoms with E-state index in [0.717, 1.165) is 11.1 Å². The third-order valence-electron chi connectivity index (χ3n) is 2.18. The predicted molar refractivity (Wildman–Crippen MR) is 55.2 cm³/mol. The highest BCUT2D eigenvalue weighted by Gasteiger charge is 2.09. The molecule has 76 valence electrons. The van der Waals surface area contributed by atoms with Gasteiger partial charge in [-0.05, 0) is 24.6 Å². The van der Waals surface area contributed by atoms with Gasteiger partial charge >= 0.3 is 0 Å². The monoisotopic (exact) mass is 202 g/mol. The molecule has 0 aliphatic rings. The lowest BCUT2D eigenvalue weighted by Crippen LogP contribution is -2.12. The molecule has 4 heteroatoms. The summed E-state index contributed by atoms with van der Waals surface area (Å²) in [7, 11) is 0. The van der Waals surface area contributed by atoms with E-state index in [1.165, 1.54) is 6.26 Å². The van der Waals surface area contributed by atoms with Crippen molar-refractivity contribution in [1.82, 2.24) is 4.98 Å². The van der Waals surface area contributed by atoms with Crippen LogP contribution in [-0.2, 0) is 0 Å². The van der Waals surface area contributed by atoms with Crippen molar-refractivity contribution in [3.8, 4) is 11.5 Å². The molecule has 2 N–H and O–H groups in total. The largest absolute Gasteiger partial charge is 0.445 e. The Balaban J connectivity index is 2.52. The molecule has 0 bridgehead atoms. The Labute approximate surface area is 86.7 Å². The molecule has 0 aliphatic carbocycles. The zero-order chi connectivity index (χ0) is 10.8. The first-order chi connectivity index (χ1) is 7.18. The number of oxazole rings is 1. The van der Waals surface area contributed by atoms with Crippen molar-refractivity contribution in [3.05, 3.63) is 41.8 Å². The highest BCUT2D eigenvalue weighted by atomic mass is 16.3. The van der Waals surface area contributed by atoms with E-state index in [-0.39, 0.29) is 0 Å². The molecule has 4 nitrogen and oxygen atoms in total. The highest BCUT2D eigenvalue weighted by molar-refractivity contribution is 5.95. The van der Waals surface area contributed by atoms with Crippen LogP contribution in [0.5, 0.6) is 0 Å². The first kappa shape index (κ1) is 9.45. The van der Waals surface area contributed by atoms with E-state index >= 15 is 0 Å². The van der Waals surface area contributed by atoms with Gasteiger partial charge in [0.15, 0.2) is 0 Å². The number of hydrogen-bond donors (Lipinski definition) is 1. The van der Waals surface area contributed by atoms with E-state index in [4.69, 9.17) is 10.2 Å². The SMILES string of the molecule is Cc1ccc(-c2ncco2)cc1C(N)=O. The zero-order valence-electron chi connectivity index (χ0n) is 8.23. The normalized spacial score (nSPS) is 10.2. The molecule has 0 saturated heterocycles. The van der Waals surface area contributed by atoms with E-state index in [2.05, 4.69) is 4.98 Å². The Morgan fingerprint density at radius 1 is 1.47 bits per heavy atom. The summed E-state index contributed by atoms with van der Waals surface area (Å²) in [6.07, 6.45) is 3.04. The van der Waals surface area contributed by atoms with Crippen LogP contribution in [0, 0.1) is 6.92 Å². The molecule has 1 heterocycles. The molecule has 15 heavy (non-hydrogen) atoms. The van der Waals surface area contributed by atoms with Crippen LogP contribution in [0.1, 0.15) is 15.9 Å². The molecule has 0 fully saturated rings. The molecule has 2 aromatic rings. The number of primary amides is 1. The van der Waals surface area contributed by atoms with Crippen molar-refractivity contribution in [3.63, 3.8) is 0 Å². The first-order valence-corrected chi connectivity index (χ1v) is 4.49. The second-order valence-electron chi connectivity index (χ2n) is 3.23. The standard InChI is InChI=1S/C11H10N2O2/c1-7-2-3-8(6-9(7)10(12)14)11-13-4-5-15-11/h2-6H,1H3,(H2,12,14). The number of aromatic nitrogens is 1. The minimum absolute atomic E-state index is 0.444. The van der Waals surface area contributed by atoms with Crippen LogP contribution in [0.15, 0.2) is 35.1 Å². The quantitative estimate of drug-likeness (QED) is 0.806. The number of amides is 1. The summed E-state index contributed by atoms with van der Waals surface area (Å²) in [5, 5.41) is 0. The van der Waals surface area contributed by atoms with Crippen molar-refractivity contribution in [1.29, 1.82) is 0 Å². The van der Waals surface area contributed by atoms with Crippen LogP contribution < -0.4 is 5.73 Å². The number of carbonyl (C=O) groups is 1. The van der Waals surface area contributed by atoms with Gasteiger partial charge in [-0.1, -0.05) is 6.07 Å². The molecule has 0 saturated carbocycles. The molecule has 1 aromatic heterocycles. The fourth-order valence-electron chi connectivity index (χ4n) is 1.39. The van der Waals surface area contributed by atoms with Gasteiger partial charge in [0.1, 0.15) is 6.26 Å². The molecule has 0 atom stereocenters. The molecular formula is C11H10N2O2. The second kappa shape index (κ2) is 3.57. The third kappa shape index (κ3) is 1.74. The van der Waals surface area contributed by atoms with Crippen LogP contribution in [-0.4, -0.2) is 10.9 Å². The first-order valence-electron chi connectivity index (χ1n) is 4.49. The summed E-state index contributed by atoms with van der Waals surface area (Å²) in [6.45, 7) is 1.83. The zero-order valence-corrected chi connectivity index (χ0v) is 8.23. The fraction of sp³-hybridized carbons (Fsp3) is 0.0909. The third-order valence-corrected chi connectivity index (χ3v) is 2.18. The van der Waals surface area contributed by atoms with Crippen LogP contribution >= 0.6 is 0 Å². The van der Waals surface area contributed by atoms with Crippen molar-refractivity contribution < 1.29 is 9.21 Å². The average molecular weight is 202 g/mol. The Morgan fingerprint density at radius 2 is 2.27 bits per heavy atom. The topological polar surface area (TPSA) is 69.1 Å². The van der Waals surface area contributed by atoms with Gasteiger partial charge in [0.05, 0.1) is 6.20 Å². The Hall–Kier alpha value is -2.10. The van der Waals surface area contributed by atoms with Gasteiger partial charge in [0.2, 0.25) is 11.8 Å². The molecule has 2 rings (SSSR count). The number of hydrogen-bond acceptors (Lipinski definition) is 3. The number of nitrogens with two attached hydrogens (primary N) is 1. The Kier molecular flexibility index (Phi) is 2.25. The van der Waals surface area contributed by atoms with E-state index in [1.54, 1.807) is 12.3 Å². The van der Waals surface area contributed by atoms with Gasteiger partial charge < -0.3 is 10.2 Å². The summed E-state index contributed by atoms with van der Waals surface area (Å²) in [4.78, 5) is 15.1. The van der Waals surface area contributed by atoms with Crippen LogP contribution in [0.4, 0.5) is 0 Å². The maximum absolute atomic E-state index is 11.1. The molecule has 1 amide bonds. The molecule has 0 aliphatic heterocycles. The Bertz CT molecular complexity index is 489. The number of carbonyl (C=O) groups excluding carboxylic acids is 1. The maximum atomic E-state index is 11.1. The van der Waals surface area contributed by atoms with Gasteiger partial charge in [-0.15, -0.1) is 0 Å². The smallest absolute Gasteiger partial charge is 0.248 e. The van der Waals surface area contributed by atoms with Crippen LogP contribution in [0.25, 0.3) is 11.5 Å². The molecular weight excluding hydrogens is 192 g/mol. The van der Waals surface area contributed by atoms with E-state index in [0.29, 0.717) is 11.5 Å². The minimum Gasteiger partial charge on any atom is -0.445 e. The summed E-state index contributed by atoms with van der Waals surface area (Å²) < 4.78 is 5.13. The van der Waals surface area contributed by atoms with Gasteiger partial charge in [-0.3, -0.25) is 4.79 Å². The lowest BCUT2D eigenvalue weighted by Gasteiger charge is -2.02. The van der Waals surface area contributed by atoms with Crippen LogP contribution in [0.2, 0.25) is 0 Å². The number of nitrogens with zero attached hydrogens (tertiary/aromatic N) is 1. The highest BCUT2D eigenvalue weighted by Crippen LogP contribution is 2.20. The summed E-state index contributed by atoms with van der Waals surface area (Å²) in [5.74, 6) is 0.0402. The second-order valence-corrected chi connectivity index (χ2v) is 3.23. The van der Waals surface area contributed by atoms with Crippen molar-refractivity contribution >= 4 is 5.91 Å². The lowest BCUT2D eigenvalue weighted by atomic mass is 10.0. The summed E-state index contributed by atoms with van der Waals surface area (Å²) in [5.41, 5.74) is 7.33. The van der Waals surface area contributed by atoms with Crippen LogP contribution in [0.3, 0.4) is 0 Å². The fourth-order valence-corrected chi connectivity index (χ4v) is 1.39. The molecule has 0 unspecified atom stereocenters. The van der Waals surface area contributed by atoms with Gasteiger partial charge in [-0.2, -0.15) is 0 Å². The van der Waals surface area contributed by atoms with Gasteiger partial charge in [-0.25, -0.2) is 4.98 Å². The van der Waals surface area contributed by atoms with Crippen molar-refractivity contribution in [2.45, 2.75) is 6.92 Å². The number of benzene rings is 1. The predicted octanol–water partition coefficient (Wildman–Crippen LogP) is 1.75. The minimum atomic E-state index is -0.444. The average Bonchev–Trinajstić information content (AvgIpc) is 2.71. The molecule has 1 aromatic carbocycles. The summed E-state index contributed by atoms with van der Waals surface area (Å²) >= 11 is 0. The van der Waals surface area contributed by atoms with Crippen molar-refractivity contribution in [2.75, 3.05) is 0 Å². The van der Waals surface area contributed by atoms with E-state index < -0.39 is 5.91 Å². The molecule has 0 spiro atoms. The van der Waals surface area contributed by atoms with E-state index in [1.807, 2.05) is 19.1 Å². The lowest BCUT2D eigenvalue weighted by molar-refractivity contribution is 0.1000. The number of rotatable bonds is 2. The number of aryl methyl sites for hydroxylation is 1. The Morgan fingerprint density at radius 3 is 2.87 bits per heavy atom. The van der Waals surface area contributed by atoms with Crippen molar-refractivity contribution in [2.24, 2.45) is 5.73 Å². The summed E-state index contributed by atoms with van der Waals surface area (Å²) in [6, 6.07) is 5.34. The van der Waals surface area contributed by atoms with Gasteiger partial charge in [0, 0.05) is 11.1 Å². The van der Waals surface area contributed by atoms with Gasteiger partial charge in [0.25, 0.3) is 0 Å². The van der Waals surface area contributed by atoms with E-state index in [9.17, 15) is 4.79 Å².